The Balaban J connectivity index is 1.54. The summed E-state index contributed by atoms with van der Waals surface area (Å²) in [7, 11) is -0.683. The Hall–Kier alpha value is -5.12. The van der Waals surface area contributed by atoms with Crippen LogP contribution in [0.1, 0.15) is 11.1 Å². The van der Waals surface area contributed by atoms with Crippen LogP contribution in [0.5, 0.6) is 0 Å². The smallest absolute Gasteiger partial charge is 0.267 e. The molecule has 0 spiro atoms. The number of amides is 1. The number of hydrazone groups is 1. The molecular formula is C33H27N5O3S. The van der Waals surface area contributed by atoms with Crippen LogP contribution in [0.15, 0.2) is 137 Å². The van der Waals surface area contributed by atoms with Crippen molar-refractivity contribution in [3.05, 3.63) is 138 Å². The minimum Gasteiger partial charge on any atom is -0.267 e. The van der Waals surface area contributed by atoms with Gasteiger partial charge < -0.3 is 0 Å². The highest BCUT2D eigenvalue weighted by Gasteiger charge is 2.32. The van der Waals surface area contributed by atoms with E-state index in [1.165, 1.54) is 23.4 Å². The standard InChI is InChI=1S/C33H27N5O3S/c1-36(2)42(40,41)29-20-12-15-25(21-29)31-26(23-37(34-31)27-16-8-4-9-17-27)22-30-32(24-13-6-3-7-14-24)35-38(33(30)39)28-18-10-5-11-19-28/h3-23H,1-2H3. The molecule has 4 aromatic carbocycles. The monoisotopic (exact) mass is 573 g/mol. The van der Waals surface area contributed by atoms with Crippen LogP contribution in [0.3, 0.4) is 0 Å². The molecule has 6 rings (SSSR count). The largest absolute Gasteiger partial charge is 0.281 e. The van der Waals surface area contributed by atoms with Gasteiger partial charge in [-0.1, -0.05) is 78.9 Å². The van der Waals surface area contributed by atoms with Gasteiger partial charge in [-0.25, -0.2) is 17.4 Å². The number of nitrogens with zero attached hydrogens (tertiary/aromatic N) is 5. The van der Waals surface area contributed by atoms with E-state index in [0.717, 1.165) is 11.3 Å². The van der Waals surface area contributed by atoms with Gasteiger partial charge in [0, 0.05) is 37.0 Å². The zero-order chi connectivity index (χ0) is 29.3. The van der Waals surface area contributed by atoms with Gasteiger partial charge in [-0.05, 0) is 42.5 Å². The molecule has 0 bridgehead atoms. The SMILES string of the molecule is CN(C)S(=O)(=O)c1cccc(-c2nn(-c3ccccc3)cc2C=C2C(=O)N(c3ccccc3)N=C2c2ccccc2)c1. The topological polar surface area (TPSA) is 87.9 Å². The fraction of sp³-hybridized carbons (Fsp3) is 0.0606. The average Bonchev–Trinajstić information content (AvgIpc) is 3.60. The van der Waals surface area contributed by atoms with E-state index in [1.54, 1.807) is 29.0 Å². The highest BCUT2D eigenvalue weighted by Crippen LogP contribution is 2.32. The van der Waals surface area contributed by atoms with Crippen LogP contribution >= 0.6 is 0 Å². The van der Waals surface area contributed by atoms with Crippen molar-refractivity contribution in [2.75, 3.05) is 19.1 Å². The number of sulfonamides is 1. The number of anilines is 1. The van der Waals surface area contributed by atoms with Crippen molar-refractivity contribution in [1.29, 1.82) is 0 Å². The molecule has 9 heteroatoms. The lowest BCUT2D eigenvalue weighted by Crippen LogP contribution is -2.22. The van der Waals surface area contributed by atoms with Gasteiger partial charge in [0.05, 0.1) is 21.8 Å². The second-order valence-corrected chi connectivity index (χ2v) is 12.0. The van der Waals surface area contributed by atoms with E-state index in [4.69, 9.17) is 10.2 Å². The Kier molecular flexibility index (Phi) is 7.12. The Morgan fingerprint density at radius 3 is 1.98 bits per heavy atom. The van der Waals surface area contributed by atoms with Crippen LogP contribution in [0.25, 0.3) is 23.0 Å². The number of carbonyl (C=O) groups is 1. The lowest BCUT2D eigenvalue weighted by Gasteiger charge is -2.12. The van der Waals surface area contributed by atoms with E-state index < -0.39 is 10.0 Å². The van der Waals surface area contributed by atoms with Crippen molar-refractivity contribution in [3.63, 3.8) is 0 Å². The van der Waals surface area contributed by atoms with Crippen molar-refractivity contribution in [2.24, 2.45) is 5.10 Å². The number of rotatable bonds is 7. The molecule has 2 heterocycles. The van der Waals surface area contributed by atoms with Gasteiger partial charge in [0.25, 0.3) is 5.91 Å². The maximum atomic E-state index is 13.9. The summed E-state index contributed by atoms with van der Waals surface area (Å²) in [6.45, 7) is 0. The second kappa shape index (κ2) is 11.0. The average molecular weight is 574 g/mol. The molecule has 0 atom stereocenters. The Labute approximate surface area is 244 Å². The van der Waals surface area contributed by atoms with E-state index >= 15 is 0 Å². The molecule has 8 nitrogen and oxygen atoms in total. The predicted molar refractivity (Wildman–Crippen MR) is 165 cm³/mol. The minimum atomic E-state index is -3.68. The van der Waals surface area contributed by atoms with E-state index in [2.05, 4.69) is 0 Å². The summed E-state index contributed by atoms with van der Waals surface area (Å²) in [5, 5.41) is 11.0. The predicted octanol–water partition coefficient (Wildman–Crippen LogP) is 5.62. The van der Waals surface area contributed by atoms with E-state index in [9.17, 15) is 13.2 Å². The molecule has 0 radical (unpaired) electrons. The van der Waals surface area contributed by atoms with Crippen LogP contribution in [0, 0.1) is 0 Å². The molecule has 42 heavy (non-hydrogen) atoms. The molecule has 0 N–H and O–H groups in total. The molecule has 5 aromatic rings. The van der Waals surface area contributed by atoms with Crippen molar-refractivity contribution in [1.82, 2.24) is 14.1 Å². The third-order valence-corrected chi connectivity index (χ3v) is 8.69. The number of aromatic nitrogens is 2. The highest BCUT2D eigenvalue weighted by molar-refractivity contribution is 7.89. The zero-order valence-electron chi connectivity index (χ0n) is 23.0. The summed E-state index contributed by atoms with van der Waals surface area (Å²) in [6.07, 6.45) is 3.62. The van der Waals surface area contributed by atoms with Crippen molar-refractivity contribution in [3.8, 4) is 16.9 Å². The normalized spacial score (nSPS) is 14.5. The Morgan fingerprint density at radius 2 is 1.33 bits per heavy atom. The van der Waals surface area contributed by atoms with Gasteiger partial charge in [0.15, 0.2) is 0 Å². The van der Waals surface area contributed by atoms with Gasteiger partial charge in [-0.15, -0.1) is 0 Å². The van der Waals surface area contributed by atoms with Crippen LogP contribution in [-0.4, -0.2) is 48.2 Å². The first-order chi connectivity index (χ1) is 20.3. The maximum Gasteiger partial charge on any atom is 0.281 e. The van der Waals surface area contributed by atoms with Gasteiger partial charge >= 0.3 is 0 Å². The Morgan fingerprint density at radius 1 is 0.738 bits per heavy atom. The molecule has 1 aliphatic heterocycles. The van der Waals surface area contributed by atoms with Gasteiger partial charge in [-0.3, -0.25) is 4.79 Å². The molecule has 0 saturated heterocycles. The number of hydrogen-bond acceptors (Lipinski definition) is 5. The Bertz CT molecular complexity index is 1930. The molecule has 208 valence electrons. The summed E-state index contributed by atoms with van der Waals surface area (Å²) < 4.78 is 28.8. The molecule has 1 aromatic heterocycles. The number of carbonyl (C=O) groups excluding carboxylic acids is 1. The zero-order valence-corrected chi connectivity index (χ0v) is 23.8. The second-order valence-electron chi connectivity index (χ2n) is 9.85. The van der Waals surface area contributed by atoms with Crippen molar-refractivity contribution >= 4 is 33.4 Å². The van der Waals surface area contributed by atoms with Crippen LogP contribution in [0.4, 0.5) is 5.69 Å². The van der Waals surface area contributed by atoms with Gasteiger partial charge in [0.1, 0.15) is 11.4 Å². The first kappa shape index (κ1) is 27.1. The first-order valence-electron chi connectivity index (χ1n) is 13.3. The lowest BCUT2D eigenvalue weighted by molar-refractivity contribution is -0.114. The van der Waals surface area contributed by atoms with Crippen LogP contribution in [0.2, 0.25) is 0 Å². The molecule has 0 saturated carbocycles. The summed E-state index contributed by atoms with van der Waals surface area (Å²) in [5.41, 5.74) is 4.97. The minimum absolute atomic E-state index is 0.150. The van der Waals surface area contributed by atoms with E-state index in [0.29, 0.717) is 33.8 Å². The van der Waals surface area contributed by atoms with Crippen molar-refractivity contribution in [2.45, 2.75) is 4.90 Å². The van der Waals surface area contributed by atoms with Gasteiger partial charge in [0.2, 0.25) is 10.0 Å². The van der Waals surface area contributed by atoms with Gasteiger partial charge in [-0.2, -0.15) is 15.2 Å². The summed E-state index contributed by atoms with van der Waals surface area (Å²) in [6, 6.07) is 35.1. The van der Waals surface area contributed by atoms with E-state index in [-0.39, 0.29) is 10.8 Å². The summed E-state index contributed by atoms with van der Waals surface area (Å²) >= 11 is 0. The summed E-state index contributed by atoms with van der Waals surface area (Å²) in [4.78, 5) is 14.1. The van der Waals surface area contributed by atoms with Crippen LogP contribution in [-0.2, 0) is 14.8 Å². The summed E-state index contributed by atoms with van der Waals surface area (Å²) in [5.74, 6) is -0.276. The molecule has 1 aliphatic rings. The molecule has 1 amide bonds. The van der Waals surface area contributed by atoms with E-state index in [1.807, 2.05) is 103 Å². The lowest BCUT2D eigenvalue weighted by atomic mass is 9.99. The molecule has 0 aliphatic carbocycles. The number of para-hydroxylation sites is 2. The molecule has 0 unspecified atom stereocenters. The first-order valence-corrected chi connectivity index (χ1v) is 14.7. The van der Waals surface area contributed by atoms with Crippen LogP contribution < -0.4 is 5.01 Å². The fourth-order valence-corrected chi connectivity index (χ4v) is 5.65. The fourth-order valence-electron chi connectivity index (χ4n) is 4.70. The third-order valence-electron chi connectivity index (χ3n) is 6.88. The third kappa shape index (κ3) is 5.07. The quantitative estimate of drug-likeness (QED) is 0.236. The molecule has 0 fully saturated rings. The molecular weight excluding hydrogens is 546 g/mol. The number of hydrogen-bond donors (Lipinski definition) is 0. The maximum absolute atomic E-state index is 13.9. The van der Waals surface area contributed by atoms with Crippen molar-refractivity contribution < 1.29 is 13.2 Å². The number of benzene rings is 4. The highest BCUT2D eigenvalue weighted by atomic mass is 32.2.